The molecule has 0 unspecified atom stereocenters. The second kappa shape index (κ2) is 11.2. The number of hydrogen-bond donors (Lipinski definition) is 2. The lowest BCUT2D eigenvalue weighted by Crippen LogP contribution is -2.41. The summed E-state index contributed by atoms with van der Waals surface area (Å²) in [7, 11) is 0. The zero-order valence-electron chi connectivity index (χ0n) is 16.4. The number of aryl methyl sites for hydroxylation is 1. The number of hydrogen-bond acceptors (Lipinski definition) is 6. The molecule has 2 aromatic rings. The van der Waals surface area contributed by atoms with Crippen LogP contribution in [0.25, 0.3) is 0 Å². The Kier molecular flexibility index (Phi) is 8.61. The normalized spacial score (nSPS) is 10.2. The first kappa shape index (κ1) is 21.6. The summed E-state index contributed by atoms with van der Waals surface area (Å²) < 4.78 is 16.8. The van der Waals surface area contributed by atoms with E-state index in [2.05, 4.69) is 10.9 Å². The van der Waals surface area contributed by atoms with Gasteiger partial charge in [-0.05, 0) is 61.7 Å². The lowest BCUT2D eigenvalue weighted by atomic mass is 10.1. The lowest BCUT2D eigenvalue weighted by Gasteiger charge is -2.17. The summed E-state index contributed by atoms with van der Waals surface area (Å²) >= 11 is 1.59. The Labute approximate surface area is 169 Å². The van der Waals surface area contributed by atoms with Crippen LogP contribution in [-0.4, -0.2) is 31.6 Å². The number of thiophene rings is 1. The van der Waals surface area contributed by atoms with E-state index >= 15 is 0 Å². The highest BCUT2D eigenvalue weighted by molar-refractivity contribution is 7.07. The van der Waals surface area contributed by atoms with Crippen LogP contribution in [0.2, 0.25) is 0 Å². The fourth-order valence-corrected chi connectivity index (χ4v) is 3.18. The summed E-state index contributed by atoms with van der Waals surface area (Å²) in [6.07, 6.45) is 0.909. The molecule has 0 radical (unpaired) electrons. The minimum absolute atomic E-state index is 0.263. The molecule has 0 spiro atoms. The van der Waals surface area contributed by atoms with Crippen molar-refractivity contribution in [3.63, 3.8) is 0 Å². The molecule has 0 aliphatic rings. The molecule has 0 bridgehead atoms. The number of ether oxygens (including phenoxy) is 3. The largest absolute Gasteiger partial charge is 0.490 e. The summed E-state index contributed by atoms with van der Waals surface area (Å²) in [5, 5.41) is 3.96. The van der Waals surface area contributed by atoms with Crippen LogP contribution < -0.4 is 25.1 Å². The first-order chi connectivity index (χ1) is 13.6. The quantitative estimate of drug-likeness (QED) is 0.591. The third-order valence-electron chi connectivity index (χ3n) is 3.71. The topological polar surface area (TPSA) is 85.9 Å². The lowest BCUT2D eigenvalue weighted by molar-refractivity contribution is -0.121. The molecule has 2 amide bonds. The Morgan fingerprint density at radius 3 is 2.14 bits per heavy atom. The number of benzene rings is 1. The summed E-state index contributed by atoms with van der Waals surface area (Å²) in [6, 6.07) is 5.12. The van der Waals surface area contributed by atoms with Gasteiger partial charge in [-0.1, -0.05) is 0 Å². The van der Waals surface area contributed by atoms with Gasteiger partial charge in [0.15, 0.2) is 11.5 Å². The zero-order valence-corrected chi connectivity index (χ0v) is 17.2. The van der Waals surface area contributed by atoms with Crippen molar-refractivity contribution in [1.82, 2.24) is 10.9 Å². The van der Waals surface area contributed by atoms with Crippen molar-refractivity contribution in [2.45, 2.75) is 33.6 Å². The minimum atomic E-state index is -0.464. The van der Waals surface area contributed by atoms with Crippen LogP contribution in [0, 0.1) is 0 Å². The van der Waals surface area contributed by atoms with Gasteiger partial charge in [0, 0.05) is 12.0 Å². The third kappa shape index (κ3) is 6.16. The van der Waals surface area contributed by atoms with Crippen molar-refractivity contribution in [2.24, 2.45) is 0 Å². The molecule has 1 aromatic heterocycles. The summed E-state index contributed by atoms with van der Waals surface area (Å²) in [5.41, 5.74) is 6.27. The predicted octanol–water partition coefficient (Wildman–Crippen LogP) is 3.34. The summed E-state index contributed by atoms with van der Waals surface area (Å²) in [5.74, 6) is 0.574. The van der Waals surface area contributed by atoms with Crippen LogP contribution in [0.5, 0.6) is 17.2 Å². The first-order valence-corrected chi connectivity index (χ1v) is 10.2. The average molecular weight is 407 g/mol. The molecule has 1 aromatic carbocycles. The molecule has 2 rings (SSSR count). The number of amides is 2. The number of rotatable bonds is 10. The van der Waals surface area contributed by atoms with Crippen LogP contribution in [0.3, 0.4) is 0 Å². The fourth-order valence-electron chi connectivity index (χ4n) is 2.47. The first-order valence-electron chi connectivity index (χ1n) is 9.25. The van der Waals surface area contributed by atoms with Crippen molar-refractivity contribution in [2.75, 3.05) is 19.8 Å². The van der Waals surface area contributed by atoms with Gasteiger partial charge in [-0.15, -0.1) is 0 Å². The summed E-state index contributed by atoms with van der Waals surface area (Å²) in [6.45, 7) is 6.81. The van der Waals surface area contributed by atoms with E-state index < -0.39 is 5.91 Å². The van der Waals surface area contributed by atoms with Crippen LogP contribution in [0.4, 0.5) is 0 Å². The maximum atomic E-state index is 12.5. The van der Waals surface area contributed by atoms with Gasteiger partial charge in [0.2, 0.25) is 11.7 Å². The molecule has 28 heavy (non-hydrogen) atoms. The van der Waals surface area contributed by atoms with E-state index in [1.54, 1.807) is 23.5 Å². The molecule has 8 heteroatoms. The van der Waals surface area contributed by atoms with Gasteiger partial charge in [0.25, 0.3) is 5.91 Å². The van der Waals surface area contributed by atoms with E-state index in [0.717, 1.165) is 5.56 Å². The third-order valence-corrected chi connectivity index (χ3v) is 4.44. The van der Waals surface area contributed by atoms with E-state index in [9.17, 15) is 9.59 Å². The Morgan fingerprint density at radius 2 is 1.61 bits per heavy atom. The Balaban J connectivity index is 2.05. The van der Waals surface area contributed by atoms with Crippen molar-refractivity contribution < 1.29 is 23.8 Å². The van der Waals surface area contributed by atoms with Gasteiger partial charge in [-0.3, -0.25) is 20.4 Å². The number of carbonyl (C=O) groups is 2. The minimum Gasteiger partial charge on any atom is -0.490 e. The number of hydrazine groups is 1. The van der Waals surface area contributed by atoms with Gasteiger partial charge in [-0.2, -0.15) is 11.3 Å². The molecule has 0 saturated heterocycles. The smallest absolute Gasteiger partial charge is 0.269 e. The van der Waals surface area contributed by atoms with E-state index in [1.807, 2.05) is 37.6 Å². The molecular weight excluding hydrogens is 380 g/mol. The van der Waals surface area contributed by atoms with Gasteiger partial charge in [0.05, 0.1) is 19.8 Å². The molecule has 1 heterocycles. The molecule has 152 valence electrons. The van der Waals surface area contributed by atoms with Gasteiger partial charge < -0.3 is 14.2 Å². The fraction of sp³-hybridized carbons (Fsp3) is 0.400. The van der Waals surface area contributed by atoms with E-state index in [-0.39, 0.29) is 12.3 Å². The molecular formula is C20H26N2O5S. The van der Waals surface area contributed by atoms with Gasteiger partial charge >= 0.3 is 0 Å². The average Bonchev–Trinajstić information content (AvgIpc) is 3.20. The van der Waals surface area contributed by atoms with E-state index in [0.29, 0.717) is 49.1 Å². The summed E-state index contributed by atoms with van der Waals surface area (Å²) in [4.78, 5) is 24.4. The predicted molar refractivity (Wildman–Crippen MR) is 108 cm³/mol. The van der Waals surface area contributed by atoms with Crippen molar-refractivity contribution in [3.8, 4) is 17.2 Å². The van der Waals surface area contributed by atoms with Crippen LogP contribution in [-0.2, 0) is 11.2 Å². The molecule has 0 aliphatic carbocycles. The Bertz CT molecular complexity index is 750. The molecule has 7 nitrogen and oxygen atoms in total. The molecule has 2 N–H and O–H groups in total. The number of nitrogens with one attached hydrogen (secondary N) is 2. The highest BCUT2D eigenvalue weighted by atomic mass is 32.1. The zero-order chi connectivity index (χ0) is 20.4. The van der Waals surface area contributed by atoms with Gasteiger partial charge in [0.1, 0.15) is 0 Å². The molecule has 0 aliphatic heterocycles. The van der Waals surface area contributed by atoms with E-state index in [4.69, 9.17) is 14.2 Å². The maximum Gasteiger partial charge on any atom is 0.269 e. The number of carbonyl (C=O) groups excluding carboxylic acids is 2. The Hall–Kier alpha value is -2.74. The Morgan fingerprint density at radius 1 is 0.964 bits per heavy atom. The van der Waals surface area contributed by atoms with Crippen LogP contribution in [0.15, 0.2) is 29.0 Å². The molecule has 0 fully saturated rings. The van der Waals surface area contributed by atoms with E-state index in [1.165, 1.54) is 0 Å². The maximum absolute atomic E-state index is 12.5. The van der Waals surface area contributed by atoms with Gasteiger partial charge in [-0.25, -0.2) is 0 Å². The highest BCUT2D eigenvalue weighted by Gasteiger charge is 2.18. The van der Waals surface area contributed by atoms with Crippen molar-refractivity contribution in [3.05, 3.63) is 40.1 Å². The van der Waals surface area contributed by atoms with Crippen LogP contribution in [0.1, 0.15) is 43.1 Å². The molecule has 0 atom stereocenters. The molecule has 0 saturated carbocycles. The van der Waals surface area contributed by atoms with Crippen LogP contribution >= 0.6 is 11.3 Å². The van der Waals surface area contributed by atoms with Crippen molar-refractivity contribution in [1.29, 1.82) is 0 Å². The standard InChI is InChI=1S/C20H26N2O5S/c1-4-25-16-11-15(12-17(26-5-2)19(16)27-6-3)20(24)22-21-18(23)8-7-14-9-10-28-13-14/h9-13H,4-8H2,1-3H3,(H,21,23)(H,22,24). The highest BCUT2D eigenvalue weighted by Crippen LogP contribution is 2.39. The second-order valence-corrected chi connectivity index (χ2v) is 6.51. The SMILES string of the molecule is CCOc1cc(C(=O)NNC(=O)CCc2ccsc2)cc(OCC)c1OCC. The van der Waals surface area contributed by atoms with Crippen molar-refractivity contribution >= 4 is 23.2 Å². The second-order valence-electron chi connectivity index (χ2n) is 5.73. The monoisotopic (exact) mass is 406 g/mol.